The third-order valence-corrected chi connectivity index (χ3v) is 4.38. The maximum Gasteiger partial charge on any atom is 0.305 e. The maximum absolute atomic E-state index is 12.2. The van der Waals surface area contributed by atoms with Crippen LogP contribution in [0.5, 0.6) is 0 Å². The van der Waals surface area contributed by atoms with Gasteiger partial charge in [0.15, 0.2) is 0 Å². The minimum absolute atomic E-state index is 0.0549. The molecule has 4 nitrogen and oxygen atoms in total. The normalized spacial score (nSPS) is 24.9. The molecule has 1 unspecified atom stereocenters. The van der Waals surface area contributed by atoms with E-state index in [4.69, 9.17) is 5.11 Å². The van der Waals surface area contributed by atoms with Crippen molar-refractivity contribution in [2.24, 2.45) is 11.3 Å². The number of carboxylic acid groups (broad SMARTS) is 1. The first-order chi connectivity index (χ1) is 8.09. The predicted octanol–water partition coefficient (Wildman–Crippen LogP) is 1.89. The van der Waals surface area contributed by atoms with Crippen molar-refractivity contribution in [3.8, 4) is 0 Å². The van der Waals surface area contributed by atoms with Crippen LogP contribution in [0.1, 0.15) is 45.4 Å². The fourth-order valence-corrected chi connectivity index (χ4v) is 3.20. The highest BCUT2D eigenvalue weighted by Gasteiger charge is 2.59. The van der Waals surface area contributed by atoms with Crippen LogP contribution in [0.15, 0.2) is 0 Å². The zero-order chi connectivity index (χ0) is 12.5. The van der Waals surface area contributed by atoms with Crippen molar-refractivity contribution in [1.29, 1.82) is 0 Å². The molecule has 1 N–H and O–H groups in total. The van der Waals surface area contributed by atoms with Gasteiger partial charge in [0.05, 0.1) is 6.42 Å². The van der Waals surface area contributed by atoms with Gasteiger partial charge in [0, 0.05) is 19.0 Å². The quantitative estimate of drug-likeness (QED) is 0.797. The molecule has 0 aromatic carbocycles. The first kappa shape index (κ1) is 12.4. The van der Waals surface area contributed by atoms with Crippen molar-refractivity contribution in [3.05, 3.63) is 0 Å². The van der Waals surface area contributed by atoms with Gasteiger partial charge in [-0.25, -0.2) is 0 Å². The number of carbonyl (C=O) groups is 2. The van der Waals surface area contributed by atoms with Gasteiger partial charge in [-0.3, -0.25) is 9.59 Å². The number of hydrogen-bond donors (Lipinski definition) is 1. The fourth-order valence-electron chi connectivity index (χ4n) is 3.20. The lowest BCUT2D eigenvalue weighted by Crippen LogP contribution is -2.35. The van der Waals surface area contributed by atoms with E-state index in [0.717, 1.165) is 6.42 Å². The average molecular weight is 239 g/mol. The Morgan fingerprint density at radius 1 is 1.35 bits per heavy atom. The van der Waals surface area contributed by atoms with Gasteiger partial charge in [0.2, 0.25) is 5.91 Å². The van der Waals surface area contributed by atoms with Crippen LogP contribution < -0.4 is 0 Å². The molecule has 2 fully saturated rings. The summed E-state index contributed by atoms with van der Waals surface area (Å²) in [4.78, 5) is 24.5. The predicted molar refractivity (Wildman–Crippen MR) is 63.5 cm³/mol. The average Bonchev–Trinajstić information content (AvgIpc) is 2.77. The molecule has 0 aliphatic heterocycles. The summed E-state index contributed by atoms with van der Waals surface area (Å²) >= 11 is 0. The highest BCUT2D eigenvalue weighted by atomic mass is 16.4. The third kappa shape index (κ3) is 2.45. The fraction of sp³-hybridized carbons (Fsp3) is 0.846. The van der Waals surface area contributed by atoms with Crippen molar-refractivity contribution in [2.75, 3.05) is 13.1 Å². The highest BCUT2D eigenvalue weighted by Crippen LogP contribution is 2.63. The molecule has 2 aliphatic carbocycles. The zero-order valence-electron chi connectivity index (χ0n) is 10.4. The van der Waals surface area contributed by atoms with E-state index in [0.29, 0.717) is 18.5 Å². The lowest BCUT2D eigenvalue weighted by molar-refractivity contribution is -0.139. The minimum atomic E-state index is -0.831. The molecule has 2 rings (SSSR count). The van der Waals surface area contributed by atoms with E-state index in [2.05, 4.69) is 0 Å². The van der Waals surface area contributed by atoms with E-state index in [1.807, 2.05) is 6.92 Å². The summed E-state index contributed by atoms with van der Waals surface area (Å²) in [7, 11) is 0. The number of carbonyl (C=O) groups excluding carboxylic acids is 1. The van der Waals surface area contributed by atoms with E-state index >= 15 is 0 Å². The first-order valence-corrected chi connectivity index (χ1v) is 6.59. The zero-order valence-corrected chi connectivity index (χ0v) is 10.4. The number of carboxylic acids is 1. The number of rotatable bonds is 5. The van der Waals surface area contributed by atoms with Crippen molar-refractivity contribution in [1.82, 2.24) is 4.90 Å². The maximum atomic E-state index is 12.2. The van der Waals surface area contributed by atoms with Gasteiger partial charge in [0.1, 0.15) is 0 Å². The van der Waals surface area contributed by atoms with Gasteiger partial charge in [-0.1, -0.05) is 12.8 Å². The SMILES string of the molecule is CCN(CCC(=O)O)C(=O)C1CC12CCCC2. The van der Waals surface area contributed by atoms with Crippen molar-refractivity contribution >= 4 is 11.9 Å². The molecule has 96 valence electrons. The van der Waals surface area contributed by atoms with Crippen LogP contribution in [0.4, 0.5) is 0 Å². The van der Waals surface area contributed by atoms with Crippen LogP contribution in [-0.4, -0.2) is 35.0 Å². The standard InChI is InChI=1S/C13H21NO3/c1-2-14(8-5-11(15)16)12(17)10-9-13(10)6-3-4-7-13/h10H,2-9H2,1H3,(H,15,16). The van der Waals surface area contributed by atoms with E-state index in [1.54, 1.807) is 4.90 Å². The smallest absolute Gasteiger partial charge is 0.305 e. The Balaban J connectivity index is 1.88. The summed E-state index contributed by atoms with van der Waals surface area (Å²) in [6, 6.07) is 0. The largest absolute Gasteiger partial charge is 0.481 e. The second-order valence-electron chi connectivity index (χ2n) is 5.39. The Morgan fingerprint density at radius 3 is 2.53 bits per heavy atom. The summed E-state index contributed by atoms with van der Waals surface area (Å²) in [6.07, 6.45) is 5.99. The number of amides is 1. The summed E-state index contributed by atoms with van der Waals surface area (Å²) in [5.41, 5.74) is 0.313. The molecule has 17 heavy (non-hydrogen) atoms. The molecule has 0 bridgehead atoms. The van der Waals surface area contributed by atoms with Gasteiger partial charge < -0.3 is 10.0 Å². The second kappa shape index (κ2) is 4.67. The van der Waals surface area contributed by atoms with Gasteiger partial charge in [-0.15, -0.1) is 0 Å². The molecule has 4 heteroatoms. The Bertz CT molecular complexity index is 321. The van der Waals surface area contributed by atoms with Crippen LogP contribution in [0.3, 0.4) is 0 Å². The van der Waals surface area contributed by atoms with Crippen LogP contribution in [0, 0.1) is 11.3 Å². The first-order valence-electron chi connectivity index (χ1n) is 6.59. The topological polar surface area (TPSA) is 57.6 Å². The summed E-state index contributed by atoms with van der Waals surface area (Å²) in [5, 5.41) is 8.66. The summed E-state index contributed by atoms with van der Waals surface area (Å²) in [6.45, 7) is 2.90. The summed E-state index contributed by atoms with van der Waals surface area (Å²) in [5.74, 6) is -0.447. The molecule has 0 radical (unpaired) electrons. The van der Waals surface area contributed by atoms with Crippen LogP contribution >= 0.6 is 0 Å². The van der Waals surface area contributed by atoms with E-state index in [-0.39, 0.29) is 18.2 Å². The minimum Gasteiger partial charge on any atom is -0.481 e. The molecule has 2 aliphatic rings. The van der Waals surface area contributed by atoms with E-state index in [1.165, 1.54) is 25.7 Å². The van der Waals surface area contributed by atoms with Crippen molar-refractivity contribution in [3.63, 3.8) is 0 Å². The van der Waals surface area contributed by atoms with Crippen LogP contribution in [0.25, 0.3) is 0 Å². The molecule has 0 aromatic heterocycles. The van der Waals surface area contributed by atoms with Crippen LogP contribution in [-0.2, 0) is 9.59 Å². The number of nitrogens with zero attached hydrogens (tertiary/aromatic N) is 1. The van der Waals surface area contributed by atoms with Gasteiger partial charge in [-0.05, 0) is 31.6 Å². The molecule has 2 saturated carbocycles. The van der Waals surface area contributed by atoms with E-state index < -0.39 is 5.97 Å². The van der Waals surface area contributed by atoms with Gasteiger partial charge in [-0.2, -0.15) is 0 Å². The molecular weight excluding hydrogens is 218 g/mol. The lowest BCUT2D eigenvalue weighted by atomic mass is 10.0. The van der Waals surface area contributed by atoms with Crippen LogP contribution in [0.2, 0.25) is 0 Å². The Labute approximate surface area is 102 Å². The Kier molecular flexibility index (Phi) is 3.40. The Hall–Kier alpha value is -1.06. The molecule has 1 spiro atoms. The molecule has 0 aromatic rings. The molecular formula is C13H21NO3. The molecule has 1 atom stereocenters. The molecule has 0 heterocycles. The van der Waals surface area contributed by atoms with Gasteiger partial charge in [0.25, 0.3) is 0 Å². The second-order valence-corrected chi connectivity index (χ2v) is 5.39. The Morgan fingerprint density at radius 2 is 2.00 bits per heavy atom. The third-order valence-electron chi connectivity index (χ3n) is 4.38. The molecule has 0 saturated heterocycles. The molecule has 1 amide bonds. The lowest BCUT2D eigenvalue weighted by Gasteiger charge is -2.21. The van der Waals surface area contributed by atoms with Crippen molar-refractivity contribution < 1.29 is 14.7 Å². The number of hydrogen-bond acceptors (Lipinski definition) is 2. The summed E-state index contributed by atoms with van der Waals surface area (Å²) < 4.78 is 0. The van der Waals surface area contributed by atoms with Crippen molar-refractivity contribution in [2.45, 2.75) is 45.4 Å². The monoisotopic (exact) mass is 239 g/mol. The van der Waals surface area contributed by atoms with Gasteiger partial charge >= 0.3 is 5.97 Å². The number of aliphatic carboxylic acids is 1. The van der Waals surface area contributed by atoms with E-state index in [9.17, 15) is 9.59 Å². The highest BCUT2D eigenvalue weighted by molar-refractivity contribution is 5.83.